The molecular weight excluding hydrogens is 290 g/mol. The van der Waals surface area contributed by atoms with Crippen LogP contribution in [0.5, 0.6) is 0 Å². The summed E-state index contributed by atoms with van der Waals surface area (Å²) in [6.45, 7) is 2.02. The van der Waals surface area contributed by atoms with Gasteiger partial charge in [0.05, 0.1) is 0 Å². The lowest BCUT2D eigenvalue weighted by Gasteiger charge is -2.16. The van der Waals surface area contributed by atoms with Crippen LogP contribution in [0.3, 0.4) is 0 Å². The quantitative estimate of drug-likeness (QED) is 0.686. The minimum absolute atomic E-state index is 0.0837. The van der Waals surface area contributed by atoms with E-state index in [1.807, 2.05) is 29.2 Å². The van der Waals surface area contributed by atoms with Crippen LogP contribution in [0.2, 0.25) is 0 Å². The highest BCUT2D eigenvalue weighted by Gasteiger charge is 2.21. The second-order valence-corrected chi connectivity index (χ2v) is 6.05. The van der Waals surface area contributed by atoms with E-state index in [4.69, 9.17) is 5.73 Å². The normalized spacial score (nSPS) is 14.3. The predicted octanol–water partition coefficient (Wildman–Crippen LogP) is 2.34. The van der Waals surface area contributed by atoms with Gasteiger partial charge in [-0.2, -0.15) is 0 Å². The number of carbonyl (C=O) groups is 2. The Hall–Kier alpha value is -1.88. The van der Waals surface area contributed by atoms with Crippen LogP contribution in [-0.2, 0) is 16.1 Å². The van der Waals surface area contributed by atoms with Crippen molar-refractivity contribution in [1.29, 1.82) is 0 Å². The van der Waals surface area contributed by atoms with Gasteiger partial charge in [0.15, 0.2) is 0 Å². The molecule has 23 heavy (non-hydrogen) atoms. The number of benzene rings is 1. The first-order valence-electron chi connectivity index (χ1n) is 8.57. The Morgan fingerprint density at radius 1 is 1.22 bits per heavy atom. The molecule has 2 amide bonds. The van der Waals surface area contributed by atoms with Crippen LogP contribution < -0.4 is 16.0 Å². The van der Waals surface area contributed by atoms with Gasteiger partial charge in [0.2, 0.25) is 11.8 Å². The molecule has 1 heterocycles. The van der Waals surface area contributed by atoms with Gasteiger partial charge in [-0.3, -0.25) is 9.59 Å². The SMILES string of the molecule is NCCCCCCC(=O)NCc1cccc(N2CCCC2=O)c1. The number of unbranched alkanes of at least 4 members (excludes halogenated alkanes) is 3. The molecule has 1 aliphatic rings. The molecule has 3 N–H and O–H groups in total. The first kappa shape index (κ1) is 17.5. The van der Waals surface area contributed by atoms with E-state index in [1.54, 1.807) is 0 Å². The molecule has 0 unspecified atom stereocenters. The monoisotopic (exact) mass is 317 g/mol. The van der Waals surface area contributed by atoms with Gasteiger partial charge < -0.3 is 16.0 Å². The average molecular weight is 317 g/mol. The molecular formula is C18H27N3O2. The largest absolute Gasteiger partial charge is 0.352 e. The van der Waals surface area contributed by atoms with Crippen LogP contribution in [0.1, 0.15) is 50.5 Å². The van der Waals surface area contributed by atoms with Gasteiger partial charge in [-0.15, -0.1) is 0 Å². The van der Waals surface area contributed by atoms with Crippen LogP contribution in [0.25, 0.3) is 0 Å². The van der Waals surface area contributed by atoms with E-state index >= 15 is 0 Å². The molecule has 0 bridgehead atoms. The van der Waals surface area contributed by atoms with Gasteiger partial charge >= 0.3 is 0 Å². The maximum atomic E-state index is 11.8. The summed E-state index contributed by atoms with van der Waals surface area (Å²) >= 11 is 0. The Kier molecular flexibility index (Phi) is 7.07. The molecule has 2 rings (SSSR count). The molecule has 5 heteroatoms. The Balaban J connectivity index is 1.75. The summed E-state index contributed by atoms with van der Waals surface area (Å²) in [5.74, 6) is 0.268. The number of amides is 2. The number of nitrogens with zero attached hydrogens (tertiary/aromatic N) is 1. The lowest BCUT2D eigenvalue weighted by molar-refractivity contribution is -0.121. The van der Waals surface area contributed by atoms with Gasteiger partial charge in [0.25, 0.3) is 0 Å². The number of nitrogens with one attached hydrogen (secondary N) is 1. The van der Waals surface area contributed by atoms with E-state index in [1.165, 1.54) is 0 Å². The van der Waals surface area contributed by atoms with E-state index in [2.05, 4.69) is 5.32 Å². The van der Waals surface area contributed by atoms with Gasteiger partial charge in [-0.05, 0) is 43.5 Å². The second-order valence-electron chi connectivity index (χ2n) is 6.05. The third-order valence-corrected chi connectivity index (χ3v) is 4.14. The van der Waals surface area contributed by atoms with E-state index in [0.29, 0.717) is 19.4 Å². The Bertz CT molecular complexity index is 531. The lowest BCUT2D eigenvalue weighted by Crippen LogP contribution is -2.25. The van der Waals surface area contributed by atoms with Gasteiger partial charge in [0.1, 0.15) is 0 Å². The van der Waals surface area contributed by atoms with Gasteiger partial charge in [0, 0.05) is 31.6 Å². The highest BCUT2D eigenvalue weighted by atomic mass is 16.2. The first-order chi connectivity index (χ1) is 11.2. The number of anilines is 1. The third-order valence-electron chi connectivity index (χ3n) is 4.14. The van der Waals surface area contributed by atoms with Crippen molar-refractivity contribution in [1.82, 2.24) is 5.32 Å². The Morgan fingerprint density at radius 3 is 2.78 bits per heavy atom. The molecule has 1 saturated heterocycles. The summed E-state index contributed by atoms with van der Waals surface area (Å²) in [6, 6.07) is 7.86. The number of rotatable bonds is 9. The molecule has 1 fully saturated rings. The number of nitrogens with two attached hydrogens (primary N) is 1. The molecule has 0 aromatic heterocycles. The fourth-order valence-electron chi connectivity index (χ4n) is 2.83. The highest BCUT2D eigenvalue weighted by molar-refractivity contribution is 5.95. The smallest absolute Gasteiger partial charge is 0.227 e. The van der Waals surface area contributed by atoms with Crippen LogP contribution in [-0.4, -0.2) is 24.9 Å². The van der Waals surface area contributed by atoms with E-state index in [9.17, 15) is 9.59 Å². The van der Waals surface area contributed by atoms with Crippen LogP contribution in [0.15, 0.2) is 24.3 Å². The van der Waals surface area contributed by atoms with Crippen molar-refractivity contribution in [3.8, 4) is 0 Å². The first-order valence-corrected chi connectivity index (χ1v) is 8.57. The Morgan fingerprint density at radius 2 is 2.04 bits per heavy atom. The van der Waals surface area contributed by atoms with Crippen molar-refractivity contribution < 1.29 is 9.59 Å². The fourth-order valence-corrected chi connectivity index (χ4v) is 2.83. The molecule has 1 aliphatic heterocycles. The molecule has 1 aromatic carbocycles. The minimum Gasteiger partial charge on any atom is -0.352 e. The summed E-state index contributed by atoms with van der Waals surface area (Å²) < 4.78 is 0. The average Bonchev–Trinajstić information content (AvgIpc) is 2.99. The minimum atomic E-state index is 0.0837. The molecule has 0 aliphatic carbocycles. The molecule has 5 nitrogen and oxygen atoms in total. The summed E-state index contributed by atoms with van der Waals surface area (Å²) in [7, 11) is 0. The van der Waals surface area contributed by atoms with Crippen molar-refractivity contribution in [2.24, 2.45) is 5.73 Å². The number of hydrogen-bond donors (Lipinski definition) is 2. The maximum absolute atomic E-state index is 11.8. The fraction of sp³-hybridized carbons (Fsp3) is 0.556. The van der Waals surface area contributed by atoms with E-state index < -0.39 is 0 Å². The zero-order valence-corrected chi connectivity index (χ0v) is 13.7. The van der Waals surface area contributed by atoms with Crippen LogP contribution in [0, 0.1) is 0 Å². The van der Waals surface area contributed by atoms with Crippen LogP contribution in [0.4, 0.5) is 5.69 Å². The zero-order valence-electron chi connectivity index (χ0n) is 13.7. The van der Waals surface area contributed by atoms with Gasteiger partial charge in [-0.25, -0.2) is 0 Å². The second kappa shape index (κ2) is 9.30. The lowest BCUT2D eigenvalue weighted by atomic mass is 10.1. The standard InChI is InChI=1S/C18H27N3O2/c19-11-4-2-1-3-9-17(22)20-14-15-7-5-8-16(13-15)21-12-6-10-18(21)23/h5,7-8,13H,1-4,6,9-12,14,19H2,(H,20,22). The molecule has 126 valence electrons. The molecule has 0 spiro atoms. The summed E-state index contributed by atoms with van der Waals surface area (Å²) in [5, 5.41) is 2.95. The van der Waals surface area contributed by atoms with Crippen molar-refractivity contribution in [2.75, 3.05) is 18.0 Å². The summed E-state index contributed by atoms with van der Waals surface area (Å²) in [6.07, 6.45) is 6.20. The molecule has 0 radical (unpaired) electrons. The van der Waals surface area contributed by atoms with E-state index in [0.717, 1.165) is 56.4 Å². The van der Waals surface area contributed by atoms with Crippen molar-refractivity contribution in [3.05, 3.63) is 29.8 Å². The summed E-state index contributed by atoms with van der Waals surface area (Å²) in [4.78, 5) is 25.5. The number of carbonyl (C=O) groups excluding carboxylic acids is 2. The van der Waals surface area contributed by atoms with Crippen molar-refractivity contribution in [3.63, 3.8) is 0 Å². The number of hydrogen-bond acceptors (Lipinski definition) is 3. The third kappa shape index (κ3) is 5.67. The molecule has 0 saturated carbocycles. The maximum Gasteiger partial charge on any atom is 0.227 e. The predicted molar refractivity (Wildman–Crippen MR) is 92.0 cm³/mol. The van der Waals surface area contributed by atoms with E-state index in [-0.39, 0.29) is 11.8 Å². The highest BCUT2D eigenvalue weighted by Crippen LogP contribution is 2.22. The van der Waals surface area contributed by atoms with Gasteiger partial charge in [-0.1, -0.05) is 25.0 Å². The summed E-state index contributed by atoms with van der Waals surface area (Å²) in [5.41, 5.74) is 7.40. The molecule has 0 atom stereocenters. The molecule has 1 aromatic rings. The topological polar surface area (TPSA) is 75.4 Å². The van der Waals surface area contributed by atoms with Crippen molar-refractivity contribution in [2.45, 2.75) is 51.5 Å². The zero-order chi connectivity index (χ0) is 16.5. The van der Waals surface area contributed by atoms with Crippen molar-refractivity contribution >= 4 is 17.5 Å². The van der Waals surface area contributed by atoms with Crippen LogP contribution >= 0.6 is 0 Å². The Labute approximate surface area is 138 Å².